The summed E-state index contributed by atoms with van der Waals surface area (Å²) in [6, 6.07) is 5.26. The third-order valence-electron chi connectivity index (χ3n) is 4.46. The van der Waals surface area contributed by atoms with Gasteiger partial charge in [-0.25, -0.2) is 0 Å². The smallest absolute Gasteiger partial charge is 0.299 e. The first-order chi connectivity index (χ1) is 9.99. The molecule has 116 valence electrons. The van der Waals surface area contributed by atoms with Gasteiger partial charge in [0.25, 0.3) is 0 Å². The van der Waals surface area contributed by atoms with Gasteiger partial charge in [-0.05, 0) is 17.7 Å². The van der Waals surface area contributed by atoms with Crippen molar-refractivity contribution in [1.82, 2.24) is 15.2 Å². The number of piperazine rings is 3. The highest BCUT2D eigenvalue weighted by molar-refractivity contribution is 5.29. The Morgan fingerprint density at radius 3 is 2.43 bits per heavy atom. The van der Waals surface area contributed by atoms with Crippen molar-refractivity contribution in [2.45, 2.75) is 18.3 Å². The number of rotatable bonds is 3. The lowest BCUT2D eigenvalue weighted by Crippen LogP contribution is -2.64. The van der Waals surface area contributed by atoms with Crippen LogP contribution >= 0.6 is 0 Å². The molecule has 2 atom stereocenters. The van der Waals surface area contributed by atoms with Gasteiger partial charge in [0, 0.05) is 38.8 Å². The van der Waals surface area contributed by atoms with E-state index in [1.54, 1.807) is 6.07 Å². The second kappa shape index (κ2) is 5.57. The Hall–Kier alpha value is -1.15. The van der Waals surface area contributed by atoms with Crippen molar-refractivity contribution in [3.8, 4) is 0 Å². The van der Waals surface area contributed by atoms with Crippen LogP contribution in [-0.2, 0) is 6.18 Å². The van der Waals surface area contributed by atoms with Gasteiger partial charge in [-0.3, -0.25) is 21.1 Å². The van der Waals surface area contributed by atoms with Crippen LogP contribution in [0.3, 0.4) is 0 Å². The number of nitrogens with one attached hydrogen (secondary N) is 1. The highest BCUT2D eigenvalue weighted by Crippen LogP contribution is 2.33. The molecule has 1 aromatic rings. The van der Waals surface area contributed by atoms with E-state index in [9.17, 15) is 13.2 Å². The molecule has 3 aliphatic heterocycles. The lowest BCUT2D eigenvalue weighted by atomic mass is 9.93. The van der Waals surface area contributed by atoms with Gasteiger partial charge in [-0.2, -0.15) is 13.2 Å². The number of alkyl halides is 3. The Balaban J connectivity index is 1.86. The van der Waals surface area contributed by atoms with Gasteiger partial charge < -0.3 is 0 Å². The Morgan fingerprint density at radius 1 is 1.19 bits per heavy atom. The maximum Gasteiger partial charge on any atom is 0.416 e. The molecule has 7 heteroatoms. The molecule has 4 nitrogen and oxygen atoms in total. The highest BCUT2D eigenvalue weighted by atomic mass is 19.4. The van der Waals surface area contributed by atoms with Gasteiger partial charge in [-0.1, -0.05) is 12.1 Å². The summed E-state index contributed by atoms with van der Waals surface area (Å²) < 4.78 is 38.6. The van der Waals surface area contributed by atoms with Crippen molar-refractivity contribution in [2.75, 3.05) is 32.7 Å². The minimum atomic E-state index is -4.33. The van der Waals surface area contributed by atoms with E-state index in [2.05, 4.69) is 15.2 Å². The SMILES string of the molecule is NNC(c1cccc(C(F)(F)F)c1)C1CN2CCN1CC2. The zero-order valence-electron chi connectivity index (χ0n) is 11.6. The molecule has 2 unspecified atom stereocenters. The molecule has 1 aromatic carbocycles. The summed E-state index contributed by atoms with van der Waals surface area (Å²) in [7, 11) is 0. The van der Waals surface area contributed by atoms with Gasteiger partial charge in [-0.15, -0.1) is 0 Å². The topological polar surface area (TPSA) is 44.5 Å². The molecule has 0 saturated carbocycles. The quantitative estimate of drug-likeness (QED) is 0.650. The fourth-order valence-electron chi connectivity index (χ4n) is 3.31. The minimum absolute atomic E-state index is 0.112. The molecule has 3 aliphatic rings. The number of halogens is 3. The number of hydrogen-bond acceptors (Lipinski definition) is 4. The van der Waals surface area contributed by atoms with E-state index in [4.69, 9.17) is 5.84 Å². The third kappa shape index (κ3) is 2.91. The molecular formula is C14H19F3N4. The lowest BCUT2D eigenvalue weighted by molar-refractivity contribution is -0.137. The van der Waals surface area contributed by atoms with Crippen molar-refractivity contribution >= 4 is 0 Å². The normalized spacial score (nSPS) is 30.4. The van der Waals surface area contributed by atoms with E-state index in [1.165, 1.54) is 12.1 Å². The molecule has 4 rings (SSSR count). The van der Waals surface area contributed by atoms with Crippen LogP contribution in [-0.4, -0.2) is 48.6 Å². The molecule has 21 heavy (non-hydrogen) atoms. The van der Waals surface area contributed by atoms with Crippen LogP contribution in [0.15, 0.2) is 24.3 Å². The molecule has 0 spiro atoms. The Labute approximate surface area is 121 Å². The molecule has 0 aromatic heterocycles. The number of hydrazine groups is 1. The summed E-state index contributed by atoms with van der Waals surface area (Å²) in [5, 5.41) is 0. The summed E-state index contributed by atoms with van der Waals surface area (Å²) >= 11 is 0. The number of nitrogens with zero attached hydrogens (tertiary/aromatic N) is 2. The van der Waals surface area contributed by atoms with Crippen molar-refractivity contribution < 1.29 is 13.2 Å². The first-order valence-electron chi connectivity index (χ1n) is 7.09. The second-order valence-electron chi connectivity index (χ2n) is 5.67. The average molecular weight is 300 g/mol. The standard InChI is InChI=1S/C14H19F3N4/c15-14(16,17)11-3-1-2-10(8-11)13(19-18)12-9-20-4-6-21(12)7-5-20/h1-3,8,12-13,19H,4-7,9,18H2. The number of benzene rings is 1. The Kier molecular flexibility index (Phi) is 3.92. The maximum absolute atomic E-state index is 12.9. The maximum atomic E-state index is 12.9. The van der Waals surface area contributed by atoms with E-state index < -0.39 is 11.7 Å². The fourth-order valence-corrected chi connectivity index (χ4v) is 3.31. The van der Waals surface area contributed by atoms with Crippen molar-refractivity contribution in [3.63, 3.8) is 0 Å². The van der Waals surface area contributed by atoms with Crippen LogP contribution in [0.25, 0.3) is 0 Å². The number of nitrogens with two attached hydrogens (primary N) is 1. The van der Waals surface area contributed by atoms with Gasteiger partial charge in [0.1, 0.15) is 0 Å². The van der Waals surface area contributed by atoms with Gasteiger partial charge in [0.15, 0.2) is 0 Å². The molecule has 3 heterocycles. The van der Waals surface area contributed by atoms with Gasteiger partial charge in [0.05, 0.1) is 11.6 Å². The summed E-state index contributed by atoms with van der Waals surface area (Å²) in [4.78, 5) is 4.65. The third-order valence-corrected chi connectivity index (χ3v) is 4.46. The van der Waals surface area contributed by atoms with E-state index >= 15 is 0 Å². The predicted octanol–water partition coefficient (Wildman–Crippen LogP) is 1.21. The van der Waals surface area contributed by atoms with Crippen LogP contribution < -0.4 is 11.3 Å². The average Bonchev–Trinajstić information content (AvgIpc) is 2.49. The Morgan fingerprint density at radius 2 is 1.90 bits per heavy atom. The molecule has 0 aliphatic carbocycles. The summed E-state index contributed by atoms with van der Waals surface area (Å²) in [5.74, 6) is 5.65. The van der Waals surface area contributed by atoms with Crippen molar-refractivity contribution in [1.29, 1.82) is 0 Å². The molecule has 3 N–H and O–H groups in total. The monoisotopic (exact) mass is 300 g/mol. The first-order valence-corrected chi connectivity index (χ1v) is 7.09. The van der Waals surface area contributed by atoms with Gasteiger partial charge >= 0.3 is 6.18 Å². The van der Waals surface area contributed by atoms with E-state index in [0.717, 1.165) is 38.8 Å². The zero-order valence-corrected chi connectivity index (χ0v) is 11.6. The van der Waals surface area contributed by atoms with Crippen LogP contribution in [0.4, 0.5) is 13.2 Å². The lowest BCUT2D eigenvalue weighted by Gasteiger charge is -2.50. The predicted molar refractivity (Wildman–Crippen MR) is 73.3 cm³/mol. The Bertz CT molecular complexity index is 497. The van der Waals surface area contributed by atoms with Crippen molar-refractivity contribution in [3.05, 3.63) is 35.4 Å². The number of hydrogen-bond donors (Lipinski definition) is 2. The summed E-state index contributed by atoms with van der Waals surface area (Å²) in [6.45, 7) is 4.78. The minimum Gasteiger partial charge on any atom is -0.299 e. The molecular weight excluding hydrogens is 281 g/mol. The van der Waals surface area contributed by atoms with E-state index in [0.29, 0.717) is 5.56 Å². The molecule has 3 saturated heterocycles. The molecule has 2 bridgehead atoms. The zero-order chi connectivity index (χ0) is 15.0. The summed E-state index contributed by atoms with van der Waals surface area (Å²) in [6.07, 6.45) is -4.33. The van der Waals surface area contributed by atoms with Crippen LogP contribution in [0.1, 0.15) is 17.2 Å². The van der Waals surface area contributed by atoms with Crippen LogP contribution in [0, 0.1) is 0 Å². The number of fused-ring (bicyclic) bond motifs is 3. The molecule has 3 fully saturated rings. The molecule has 0 radical (unpaired) electrons. The first kappa shape index (κ1) is 14.8. The molecule has 0 amide bonds. The van der Waals surface area contributed by atoms with Crippen LogP contribution in [0.5, 0.6) is 0 Å². The second-order valence-corrected chi connectivity index (χ2v) is 5.67. The highest BCUT2D eigenvalue weighted by Gasteiger charge is 2.38. The summed E-state index contributed by atoms with van der Waals surface area (Å²) in [5.41, 5.74) is 2.68. The largest absolute Gasteiger partial charge is 0.416 e. The van der Waals surface area contributed by atoms with E-state index in [1.807, 2.05) is 0 Å². The van der Waals surface area contributed by atoms with E-state index in [-0.39, 0.29) is 12.1 Å². The fraction of sp³-hybridized carbons (Fsp3) is 0.571. The van der Waals surface area contributed by atoms with Crippen LogP contribution in [0.2, 0.25) is 0 Å². The van der Waals surface area contributed by atoms with Gasteiger partial charge in [0.2, 0.25) is 0 Å². The van der Waals surface area contributed by atoms with Crippen molar-refractivity contribution in [2.24, 2.45) is 5.84 Å².